The van der Waals surface area contributed by atoms with Gasteiger partial charge < -0.3 is 10.1 Å². The molecule has 0 bridgehead atoms. The van der Waals surface area contributed by atoms with Crippen molar-refractivity contribution in [2.45, 2.75) is 37.6 Å². The lowest BCUT2D eigenvalue weighted by atomic mass is 10.2. The van der Waals surface area contributed by atoms with Gasteiger partial charge in [0.15, 0.2) is 5.69 Å². The van der Waals surface area contributed by atoms with Gasteiger partial charge in [0.1, 0.15) is 11.2 Å². The molecule has 1 fully saturated rings. The minimum atomic E-state index is -3.65. The summed E-state index contributed by atoms with van der Waals surface area (Å²) in [6.45, 7) is 4.24. The van der Waals surface area contributed by atoms with E-state index in [2.05, 4.69) is 10.3 Å². The van der Waals surface area contributed by atoms with Gasteiger partial charge in [-0.15, -0.1) is 0 Å². The molecule has 0 atom stereocenters. The van der Waals surface area contributed by atoms with Crippen molar-refractivity contribution in [1.29, 1.82) is 0 Å². The van der Waals surface area contributed by atoms with E-state index in [9.17, 15) is 13.2 Å². The topological polar surface area (TPSA) is 93.5 Å². The van der Waals surface area contributed by atoms with Crippen LogP contribution >= 0.6 is 0 Å². The van der Waals surface area contributed by atoms with E-state index in [4.69, 9.17) is 4.74 Å². The van der Waals surface area contributed by atoms with Crippen LogP contribution in [0.1, 0.15) is 42.4 Å². The summed E-state index contributed by atoms with van der Waals surface area (Å²) in [5.74, 6) is 0.0978. The number of para-hydroxylation sites is 1. The second-order valence-corrected chi connectivity index (χ2v) is 9.33. The van der Waals surface area contributed by atoms with E-state index < -0.39 is 10.0 Å². The number of hydrogen-bond donors (Lipinski definition) is 1. The molecule has 1 N–H and O–H groups in total. The quantitative estimate of drug-likeness (QED) is 0.662. The minimum absolute atomic E-state index is 0.134. The number of nitrogens with one attached hydrogen (secondary N) is 1. The molecule has 1 aromatic carbocycles. The van der Waals surface area contributed by atoms with Crippen LogP contribution in [-0.4, -0.2) is 54.5 Å². The van der Waals surface area contributed by atoms with E-state index in [0.717, 1.165) is 12.8 Å². The summed E-state index contributed by atoms with van der Waals surface area (Å²) >= 11 is 0. The molecule has 156 valence electrons. The molecule has 2 heterocycles. The highest BCUT2D eigenvalue weighted by Crippen LogP contribution is 2.36. The van der Waals surface area contributed by atoms with Crippen molar-refractivity contribution in [2.75, 3.05) is 26.3 Å². The molecule has 2 aliphatic rings. The van der Waals surface area contributed by atoms with E-state index >= 15 is 0 Å². The zero-order valence-electron chi connectivity index (χ0n) is 16.5. The van der Waals surface area contributed by atoms with Crippen LogP contribution in [0.2, 0.25) is 0 Å². The number of carbonyl (C=O) groups excluding carboxylic acids is 1. The average Bonchev–Trinajstić information content (AvgIpc) is 3.45. The molecule has 2 aromatic rings. The van der Waals surface area contributed by atoms with Gasteiger partial charge in [0.25, 0.3) is 5.91 Å². The second-order valence-electron chi connectivity index (χ2n) is 7.42. The van der Waals surface area contributed by atoms with Gasteiger partial charge in [-0.3, -0.25) is 9.36 Å². The molecular weight excluding hydrogens is 392 g/mol. The Kier molecular flexibility index (Phi) is 5.71. The third kappa shape index (κ3) is 4.08. The largest absolute Gasteiger partial charge is 0.382 e. The van der Waals surface area contributed by atoms with Gasteiger partial charge in [-0.1, -0.05) is 12.1 Å². The van der Waals surface area contributed by atoms with Crippen LogP contribution < -0.4 is 5.32 Å². The molecule has 29 heavy (non-hydrogen) atoms. The van der Waals surface area contributed by atoms with Gasteiger partial charge in [0, 0.05) is 26.3 Å². The number of imidazole rings is 1. The van der Waals surface area contributed by atoms with Gasteiger partial charge in [0.2, 0.25) is 10.0 Å². The Morgan fingerprint density at radius 1 is 1.31 bits per heavy atom. The molecule has 1 amide bonds. The first-order valence-corrected chi connectivity index (χ1v) is 11.5. The Labute approximate surface area is 170 Å². The molecular formula is C20H26N4O4S. The van der Waals surface area contributed by atoms with E-state index in [-0.39, 0.29) is 23.0 Å². The number of sulfonamides is 1. The number of hydrogen-bond acceptors (Lipinski definition) is 5. The van der Waals surface area contributed by atoms with E-state index in [0.29, 0.717) is 50.0 Å². The SMILES string of the molecule is CCOCCCNC(=O)c1ncn2c1CN(CC1CC1)S(=O)(=O)c1ccccc1-2. The number of fused-ring (bicyclic) bond motifs is 3. The monoisotopic (exact) mass is 418 g/mol. The van der Waals surface area contributed by atoms with Crippen molar-refractivity contribution in [1.82, 2.24) is 19.2 Å². The van der Waals surface area contributed by atoms with Crippen LogP contribution in [0.25, 0.3) is 5.69 Å². The summed E-state index contributed by atoms with van der Waals surface area (Å²) in [6.07, 6.45) is 4.33. The normalized spacial score (nSPS) is 18.0. The van der Waals surface area contributed by atoms with E-state index in [1.807, 2.05) is 6.92 Å². The summed E-state index contributed by atoms with van der Waals surface area (Å²) in [5, 5.41) is 2.86. The number of amides is 1. The molecule has 0 spiro atoms. The highest BCUT2D eigenvalue weighted by molar-refractivity contribution is 7.89. The van der Waals surface area contributed by atoms with Gasteiger partial charge in [-0.05, 0) is 44.2 Å². The van der Waals surface area contributed by atoms with Gasteiger partial charge in [0.05, 0.1) is 17.9 Å². The van der Waals surface area contributed by atoms with E-state index in [1.54, 1.807) is 35.2 Å². The van der Waals surface area contributed by atoms with Crippen LogP contribution in [0.3, 0.4) is 0 Å². The lowest BCUT2D eigenvalue weighted by molar-refractivity contribution is 0.0938. The minimum Gasteiger partial charge on any atom is -0.382 e. The summed E-state index contributed by atoms with van der Waals surface area (Å²) in [6, 6.07) is 6.89. The first kappa shape index (κ1) is 20.1. The van der Waals surface area contributed by atoms with Crippen molar-refractivity contribution >= 4 is 15.9 Å². The molecule has 0 unspecified atom stereocenters. The molecule has 0 radical (unpaired) electrons. The second kappa shape index (κ2) is 8.25. The van der Waals surface area contributed by atoms with Crippen molar-refractivity contribution in [3.63, 3.8) is 0 Å². The maximum Gasteiger partial charge on any atom is 0.271 e. The van der Waals surface area contributed by atoms with Crippen LogP contribution in [0.5, 0.6) is 0 Å². The Hall–Kier alpha value is -2.23. The van der Waals surface area contributed by atoms with Gasteiger partial charge >= 0.3 is 0 Å². The number of nitrogens with zero attached hydrogens (tertiary/aromatic N) is 3. The van der Waals surface area contributed by atoms with Crippen LogP contribution in [0, 0.1) is 5.92 Å². The maximum absolute atomic E-state index is 13.3. The number of rotatable bonds is 8. The molecule has 1 aliphatic carbocycles. The van der Waals surface area contributed by atoms with Gasteiger partial charge in [-0.2, -0.15) is 4.31 Å². The van der Waals surface area contributed by atoms with Crippen molar-refractivity contribution in [3.8, 4) is 5.69 Å². The molecule has 1 aromatic heterocycles. The summed E-state index contributed by atoms with van der Waals surface area (Å²) in [4.78, 5) is 17.3. The predicted octanol–water partition coefficient (Wildman–Crippen LogP) is 1.94. The summed E-state index contributed by atoms with van der Waals surface area (Å²) in [7, 11) is -3.65. The fourth-order valence-corrected chi connectivity index (χ4v) is 5.20. The van der Waals surface area contributed by atoms with E-state index in [1.165, 1.54) is 4.31 Å². The number of carbonyl (C=O) groups is 1. The molecule has 8 nitrogen and oxygen atoms in total. The standard InChI is InChI=1S/C20H26N4O4S/c1-2-28-11-5-10-21-20(25)19-17-13-23(12-15-8-9-15)29(26,27)18-7-4-3-6-16(18)24(17)14-22-19/h3-4,6-7,14-15H,2,5,8-13H2,1H3,(H,21,25). The smallest absolute Gasteiger partial charge is 0.271 e. The zero-order chi connectivity index (χ0) is 20.4. The molecule has 1 aliphatic heterocycles. The summed E-state index contributed by atoms with van der Waals surface area (Å²) < 4.78 is 35.1. The van der Waals surface area contributed by atoms with Gasteiger partial charge in [-0.25, -0.2) is 13.4 Å². The maximum atomic E-state index is 13.3. The molecule has 9 heteroatoms. The number of aromatic nitrogens is 2. The summed E-state index contributed by atoms with van der Waals surface area (Å²) in [5.41, 5.74) is 1.40. The Balaban J connectivity index is 1.65. The fourth-order valence-electron chi connectivity index (χ4n) is 3.54. The molecule has 1 saturated carbocycles. The number of ether oxygens (including phenoxy) is 1. The highest BCUT2D eigenvalue weighted by atomic mass is 32.2. The van der Waals surface area contributed by atoms with Crippen LogP contribution in [0.4, 0.5) is 0 Å². The first-order valence-electron chi connectivity index (χ1n) is 10.0. The molecule has 4 rings (SSSR count). The average molecular weight is 419 g/mol. The van der Waals surface area contributed by atoms with Crippen molar-refractivity contribution < 1.29 is 17.9 Å². The van der Waals surface area contributed by atoms with Crippen molar-refractivity contribution in [2.24, 2.45) is 5.92 Å². The molecule has 0 saturated heterocycles. The van der Waals surface area contributed by atoms with Crippen molar-refractivity contribution in [3.05, 3.63) is 42.0 Å². The third-order valence-electron chi connectivity index (χ3n) is 5.26. The Morgan fingerprint density at radius 3 is 2.86 bits per heavy atom. The van der Waals surface area contributed by atoms with Crippen LogP contribution in [-0.2, 0) is 21.3 Å². The van der Waals surface area contributed by atoms with Crippen LogP contribution in [0.15, 0.2) is 35.5 Å². The zero-order valence-corrected chi connectivity index (χ0v) is 17.3. The Morgan fingerprint density at radius 2 is 2.10 bits per heavy atom. The Bertz CT molecular complexity index is 998. The first-order chi connectivity index (χ1) is 14.0. The highest BCUT2D eigenvalue weighted by Gasteiger charge is 2.37. The third-order valence-corrected chi connectivity index (χ3v) is 7.12. The lowest BCUT2D eigenvalue weighted by Gasteiger charge is -2.20. The fraction of sp³-hybridized carbons (Fsp3) is 0.500. The number of benzene rings is 1. The predicted molar refractivity (Wildman–Crippen MR) is 107 cm³/mol. The lowest BCUT2D eigenvalue weighted by Crippen LogP contribution is -2.33.